The van der Waals surface area contributed by atoms with E-state index in [0.29, 0.717) is 6.04 Å². The van der Waals surface area contributed by atoms with E-state index in [1.165, 1.54) is 18.6 Å². The van der Waals surface area contributed by atoms with Crippen molar-refractivity contribution in [1.29, 1.82) is 0 Å². The quantitative estimate of drug-likeness (QED) is 0.611. The standard InChI is InChI=1S/C10H24N2S/c1-4-12(5-2)10(9-11)7-6-8-13-3/h10H,4-9,11H2,1-3H3. The maximum atomic E-state index is 5.76. The molecule has 80 valence electrons. The van der Waals surface area contributed by atoms with Gasteiger partial charge < -0.3 is 5.73 Å². The molecule has 0 bridgehead atoms. The maximum absolute atomic E-state index is 5.76. The van der Waals surface area contributed by atoms with E-state index >= 15 is 0 Å². The van der Waals surface area contributed by atoms with Gasteiger partial charge >= 0.3 is 0 Å². The Morgan fingerprint density at radius 1 is 1.31 bits per heavy atom. The number of likely N-dealkylation sites (N-methyl/N-ethyl adjacent to an activating group) is 1. The molecule has 0 aliphatic rings. The molecule has 0 fully saturated rings. The van der Waals surface area contributed by atoms with Crippen molar-refractivity contribution >= 4 is 11.8 Å². The molecular weight excluding hydrogens is 180 g/mol. The molecule has 0 spiro atoms. The van der Waals surface area contributed by atoms with Gasteiger partial charge in [0, 0.05) is 12.6 Å². The molecule has 0 aromatic heterocycles. The highest BCUT2D eigenvalue weighted by atomic mass is 32.2. The molecule has 13 heavy (non-hydrogen) atoms. The number of nitrogens with two attached hydrogens (primary N) is 1. The summed E-state index contributed by atoms with van der Waals surface area (Å²) in [5.74, 6) is 1.26. The average molecular weight is 204 g/mol. The fourth-order valence-corrected chi connectivity index (χ4v) is 2.11. The zero-order valence-electron chi connectivity index (χ0n) is 9.25. The lowest BCUT2D eigenvalue weighted by Crippen LogP contribution is -2.40. The van der Waals surface area contributed by atoms with Gasteiger partial charge in [0.25, 0.3) is 0 Å². The van der Waals surface area contributed by atoms with Crippen molar-refractivity contribution in [2.45, 2.75) is 32.7 Å². The fraction of sp³-hybridized carbons (Fsp3) is 1.00. The van der Waals surface area contributed by atoms with Crippen LogP contribution in [0.25, 0.3) is 0 Å². The highest BCUT2D eigenvalue weighted by Gasteiger charge is 2.12. The van der Waals surface area contributed by atoms with Crippen LogP contribution < -0.4 is 5.73 Å². The summed E-state index contributed by atoms with van der Waals surface area (Å²) in [6.45, 7) is 7.47. The highest BCUT2D eigenvalue weighted by molar-refractivity contribution is 7.98. The van der Waals surface area contributed by atoms with Crippen molar-refractivity contribution in [2.24, 2.45) is 5.73 Å². The zero-order chi connectivity index (χ0) is 10.1. The van der Waals surface area contributed by atoms with Crippen LogP contribution in [-0.4, -0.2) is 42.6 Å². The maximum Gasteiger partial charge on any atom is 0.0218 e. The largest absolute Gasteiger partial charge is 0.329 e. The molecule has 0 saturated heterocycles. The minimum atomic E-state index is 0.599. The van der Waals surface area contributed by atoms with E-state index in [9.17, 15) is 0 Å². The molecule has 3 heteroatoms. The van der Waals surface area contributed by atoms with Crippen molar-refractivity contribution in [3.8, 4) is 0 Å². The van der Waals surface area contributed by atoms with Crippen LogP contribution in [0.1, 0.15) is 26.7 Å². The lowest BCUT2D eigenvalue weighted by Gasteiger charge is -2.28. The predicted molar refractivity (Wildman–Crippen MR) is 63.4 cm³/mol. The zero-order valence-corrected chi connectivity index (χ0v) is 10.1. The topological polar surface area (TPSA) is 29.3 Å². The minimum Gasteiger partial charge on any atom is -0.329 e. The summed E-state index contributed by atoms with van der Waals surface area (Å²) in [6.07, 6.45) is 4.70. The molecular formula is C10H24N2S. The molecule has 0 radical (unpaired) electrons. The summed E-state index contributed by atoms with van der Waals surface area (Å²) in [4.78, 5) is 2.46. The fourth-order valence-electron chi connectivity index (χ4n) is 1.65. The van der Waals surface area contributed by atoms with E-state index in [1.807, 2.05) is 11.8 Å². The Hall–Kier alpha value is 0.270. The molecule has 0 heterocycles. The Kier molecular flexibility index (Phi) is 9.03. The van der Waals surface area contributed by atoms with E-state index < -0.39 is 0 Å². The van der Waals surface area contributed by atoms with Crippen molar-refractivity contribution in [3.05, 3.63) is 0 Å². The van der Waals surface area contributed by atoms with Gasteiger partial charge in [0.15, 0.2) is 0 Å². The van der Waals surface area contributed by atoms with Crippen LogP contribution in [0.3, 0.4) is 0 Å². The van der Waals surface area contributed by atoms with E-state index in [4.69, 9.17) is 5.73 Å². The van der Waals surface area contributed by atoms with Gasteiger partial charge in [-0.2, -0.15) is 11.8 Å². The van der Waals surface area contributed by atoms with Gasteiger partial charge in [-0.3, -0.25) is 4.90 Å². The lowest BCUT2D eigenvalue weighted by atomic mass is 10.1. The predicted octanol–water partition coefficient (Wildman–Crippen LogP) is 1.80. The molecule has 2 N–H and O–H groups in total. The first kappa shape index (κ1) is 13.3. The first-order valence-electron chi connectivity index (χ1n) is 5.23. The SMILES string of the molecule is CCN(CC)C(CN)CCCSC. The van der Waals surface area contributed by atoms with Crippen molar-refractivity contribution in [2.75, 3.05) is 31.6 Å². The van der Waals surface area contributed by atoms with Crippen LogP contribution >= 0.6 is 11.8 Å². The summed E-state index contributed by atoms with van der Waals surface area (Å²) < 4.78 is 0. The average Bonchev–Trinajstić information content (AvgIpc) is 2.17. The number of thioether (sulfide) groups is 1. The molecule has 0 aromatic rings. The van der Waals surface area contributed by atoms with Gasteiger partial charge in [-0.15, -0.1) is 0 Å². The van der Waals surface area contributed by atoms with Crippen LogP contribution in [0.5, 0.6) is 0 Å². The molecule has 0 aromatic carbocycles. The van der Waals surface area contributed by atoms with E-state index in [2.05, 4.69) is 25.0 Å². The molecule has 0 saturated carbocycles. The molecule has 0 rings (SSSR count). The van der Waals surface area contributed by atoms with Crippen LogP contribution in [0.4, 0.5) is 0 Å². The van der Waals surface area contributed by atoms with Crippen molar-refractivity contribution in [1.82, 2.24) is 4.90 Å². The Morgan fingerprint density at radius 3 is 2.31 bits per heavy atom. The van der Waals surface area contributed by atoms with Crippen LogP contribution in [0.15, 0.2) is 0 Å². The second kappa shape index (κ2) is 8.85. The molecule has 2 nitrogen and oxygen atoms in total. The third-order valence-corrected chi connectivity index (χ3v) is 3.18. The monoisotopic (exact) mass is 204 g/mol. The van der Waals surface area contributed by atoms with Gasteiger partial charge in [-0.1, -0.05) is 13.8 Å². The summed E-state index contributed by atoms with van der Waals surface area (Å²) in [5.41, 5.74) is 5.76. The number of hydrogen-bond donors (Lipinski definition) is 1. The van der Waals surface area contributed by atoms with Gasteiger partial charge in [0.05, 0.1) is 0 Å². The van der Waals surface area contributed by atoms with Crippen molar-refractivity contribution < 1.29 is 0 Å². The van der Waals surface area contributed by atoms with E-state index in [1.54, 1.807) is 0 Å². The molecule has 0 aliphatic heterocycles. The number of hydrogen-bond acceptors (Lipinski definition) is 3. The third kappa shape index (κ3) is 5.55. The molecule has 0 amide bonds. The van der Waals surface area contributed by atoms with Crippen LogP contribution in [0, 0.1) is 0 Å². The van der Waals surface area contributed by atoms with Gasteiger partial charge in [-0.25, -0.2) is 0 Å². The lowest BCUT2D eigenvalue weighted by molar-refractivity contribution is 0.210. The molecule has 1 unspecified atom stereocenters. The normalized spacial score (nSPS) is 13.6. The van der Waals surface area contributed by atoms with Gasteiger partial charge in [0.2, 0.25) is 0 Å². The number of rotatable bonds is 8. The number of nitrogens with zero attached hydrogens (tertiary/aromatic N) is 1. The van der Waals surface area contributed by atoms with Crippen LogP contribution in [0.2, 0.25) is 0 Å². The third-order valence-electron chi connectivity index (χ3n) is 2.49. The highest BCUT2D eigenvalue weighted by Crippen LogP contribution is 2.08. The Morgan fingerprint density at radius 2 is 1.92 bits per heavy atom. The minimum absolute atomic E-state index is 0.599. The molecule has 0 aliphatic carbocycles. The van der Waals surface area contributed by atoms with E-state index in [-0.39, 0.29) is 0 Å². The smallest absolute Gasteiger partial charge is 0.0218 e. The summed E-state index contributed by atoms with van der Waals surface area (Å²) >= 11 is 1.92. The Balaban J connectivity index is 3.71. The van der Waals surface area contributed by atoms with Crippen LogP contribution in [-0.2, 0) is 0 Å². The van der Waals surface area contributed by atoms with Gasteiger partial charge in [-0.05, 0) is 37.9 Å². The summed E-state index contributed by atoms with van der Waals surface area (Å²) in [6, 6.07) is 0.599. The second-order valence-corrected chi connectivity index (χ2v) is 4.23. The van der Waals surface area contributed by atoms with E-state index in [0.717, 1.165) is 19.6 Å². The Labute approximate surface area is 87.2 Å². The van der Waals surface area contributed by atoms with Gasteiger partial charge in [0.1, 0.15) is 0 Å². The summed E-state index contributed by atoms with van der Waals surface area (Å²) in [7, 11) is 0. The first-order chi connectivity index (χ1) is 6.29. The second-order valence-electron chi connectivity index (χ2n) is 3.25. The Bertz CT molecular complexity index is 105. The molecule has 1 atom stereocenters. The van der Waals surface area contributed by atoms with Crippen molar-refractivity contribution in [3.63, 3.8) is 0 Å². The first-order valence-corrected chi connectivity index (χ1v) is 6.62. The summed E-state index contributed by atoms with van der Waals surface area (Å²) in [5, 5.41) is 0.